The summed E-state index contributed by atoms with van der Waals surface area (Å²) in [7, 11) is 1.82. The molecular weight excluding hydrogens is 196 g/mol. The first-order valence-corrected chi connectivity index (χ1v) is 5.03. The molecule has 1 aromatic heterocycles. The minimum atomic E-state index is -0.478. The second-order valence-electron chi connectivity index (χ2n) is 3.28. The number of hydrogen-bond acceptors (Lipinski definition) is 5. The van der Waals surface area contributed by atoms with Gasteiger partial charge in [-0.25, -0.2) is 4.98 Å². The van der Waals surface area contributed by atoms with Crippen LogP contribution in [-0.4, -0.2) is 45.7 Å². The largest absolute Gasteiger partial charge is 0.389 e. The van der Waals surface area contributed by atoms with Gasteiger partial charge >= 0.3 is 0 Å². The maximum atomic E-state index is 9.43. The summed E-state index contributed by atoms with van der Waals surface area (Å²) in [5.41, 5.74) is 0. The Morgan fingerprint density at radius 1 is 1.67 bits per heavy atom. The third-order valence-corrected chi connectivity index (χ3v) is 1.82. The minimum absolute atomic E-state index is 0.360. The van der Waals surface area contributed by atoms with Crippen molar-refractivity contribution in [2.75, 3.05) is 19.8 Å². The van der Waals surface area contributed by atoms with E-state index in [1.807, 2.05) is 14.0 Å². The van der Waals surface area contributed by atoms with E-state index in [-0.39, 0.29) is 0 Å². The van der Waals surface area contributed by atoms with E-state index in [1.165, 1.54) is 0 Å². The number of nitrogens with zero attached hydrogens (tertiary/aromatic N) is 3. The molecule has 0 saturated heterocycles. The van der Waals surface area contributed by atoms with Gasteiger partial charge in [-0.3, -0.25) is 4.68 Å². The molecule has 6 heteroatoms. The van der Waals surface area contributed by atoms with Crippen LogP contribution in [0.15, 0.2) is 6.33 Å². The molecule has 0 aliphatic rings. The quantitative estimate of drug-likeness (QED) is 0.628. The van der Waals surface area contributed by atoms with Crippen LogP contribution in [0.2, 0.25) is 0 Å². The van der Waals surface area contributed by atoms with Gasteiger partial charge in [-0.1, -0.05) is 0 Å². The van der Waals surface area contributed by atoms with Crippen LogP contribution in [0.1, 0.15) is 12.7 Å². The highest BCUT2D eigenvalue weighted by Crippen LogP contribution is 1.88. The van der Waals surface area contributed by atoms with Gasteiger partial charge in [0, 0.05) is 20.2 Å². The van der Waals surface area contributed by atoms with Gasteiger partial charge in [0.2, 0.25) is 0 Å². The first-order chi connectivity index (χ1) is 7.22. The maximum absolute atomic E-state index is 9.43. The number of ether oxygens (including phenoxy) is 1. The summed E-state index contributed by atoms with van der Waals surface area (Å²) >= 11 is 0. The van der Waals surface area contributed by atoms with Crippen LogP contribution in [0.25, 0.3) is 0 Å². The second-order valence-corrected chi connectivity index (χ2v) is 3.28. The Bertz CT molecular complexity index is 277. The number of aryl methyl sites for hydroxylation is 1. The fourth-order valence-electron chi connectivity index (χ4n) is 1.13. The average molecular weight is 214 g/mol. The van der Waals surface area contributed by atoms with E-state index in [9.17, 15) is 5.11 Å². The molecule has 1 heterocycles. The lowest BCUT2D eigenvalue weighted by atomic mass is 10.4. The van der Waals surface area contributed by atoms with E-state index < -0.39 is 6.10 Å². The fraction of sp³-hybridized carbons (Fsp3) is 0.778. The molecule has 2 N–H and O–H groups in total. The van der Waals surface area contributed by atoms with Crippen molar-refractivity contribution in [3.63, 3.8) is 0 Å². The summed E-state index contributed by atoms with van der Waals surface area (Å²) in [6, 6.07) is 0. The first-order valence-electron chi connectivity index (χ1n) is 5.03. The third kappa shape index (κ3) is 4.87. The Kier molecular flexibility index (Phi) is 5.23. The molecule has 6 nitrogen and oxygen atoms in total. The van der Waals surface area contributed by atoms with E-state index in [4.69, 9.17) is 4.74 Å². The van der Waals surface area contributed by atoms with Crippen molar-refractivity contribution in [3.05, 3.63) is 12.2 Å². The summed E-state index contributed by atoms with van der Waals surface area (Å²) < 4.78 is 6.72. The number of hydrogen-bond donors (Lipinski definition) is 2. The number of aliphatic hydroxyl groups excluding tert-OH is 1. The van der Waals surface area contributed by atoms with E-state index in [0.717, 1.165) is 5.82 Å². The highest BCUT2D eigenvalue weighted by atomic mass is 16.5. The highest BCUT2D eigenvalue weighted by Gasteiger charge is 2.04. The normalized spacial score (nSPS) is 13.0. The van der Waals surface area contributed by atoms with Crippen molar-refractivity contribution in [3.8, 4) is 0 Å². The van der Waals surface area contributed by atoms with Crippen LogP contribution in [-0.2, 0) is 18.3 Å². The van der Waals surface area contributed by atoms with Crippen molar-refractivity contribution >= 4 is 0 Å². The molecule has 0 fully saturated rings. The van der Waals surface area contributed by atoms with Gasteiger partial charge in [-0.05, 0) is 6.92 Å². The molecule has 0 saturated carbocycles. The Balaban J connectivity index is 2.10. The Hall–Kier alpha value is -0.980. The topological polar surface area (TPSA) is 72.2 Å². The van der Waals surface area contributed by atoms with E-state index >= 15 is 0 Å². The Morgan fingerprint density at radius 3 is 3.07 bits per heavy atom. The molecule has 86 valence electrons. The fourth-order valence-corrected chi connectivity index (χ4v) is 1.13. The predicted molar refractivity (Wildman–Crippen MR) is 55.2 cm³/mol. The Morgan fingerprint density at radius 2 is 2.47 bits per heavy atom. The lowest BCUT2D eigenvalue weighted by Gasteiger charge is -2.10. The SMILES string of the molecule is CCOCC(O)CNCc1ncn(C)n1. The van der Waals surface area contributed by atoms with Crippen molar-refractivity contribution in [2.24, 2.45) is 7.05 Å². The van der Waals surface area contributed by atoms with E-state index in [1.54, 1.807) is 11.0 Å². The van der Waals surface area contributed by atoms with E-state index in [2.05, 4.69) is 15.4 Å². The molecule has 0 bridgehead atoms. The van der Waals surface area contributed by atoms with Crippen molar-refractivity contribution < 1.29 is 9.84 Å². The van der Waals surface area contributed by atoms with Gasteiger partial charge in [0.1, 0.15) is 6.33 Å². The van der Waals surface area contributed by atoms with Crippen molar-refractivity contribution in [1.82, 2.24) is 20.1 Å². The molecule has 0 aliphatic carbocycles. The molecule has 0 radical (unpaired) electrons. The van der Waals surface area contributed by atoms with Crippen LogP contribution >= 0.6 is 0 Å². The molecule has 0 aliphatic heterocycles. The van der Waals surface area contributed by atoms with Gasteiger partial charge in [0.05, 0.1) is 19.3 Å². The lowest BCUT2D eigenvalue weighted by Crippen LogP contribution is -2.30. The molecule has 0 aromatic carbocycles. The maximum Gasteiger partial charge on any atom is 0.164 e. The smallest absolute Gasteiger partial charge is 0.164 e. The van der Waals surface area contributed by atoms with Gasteiger partial charge in [-0.15, -0.1) is 0 Å². The average Bonchev–Trinajstić information content (AvgIpc) is 2.61. The zero-order valence-electron chi connectivity index (χ0n) is 9.18. The molecule has 1 aromatic rings. The summed E-state index contributed by atoms with van der Waals surface area (Å²) in [4.78, 5) is 4.05. The zero-order valence-corrected chi connectivity index (χ0v) is 9.18. The summed E-state index contributed by atoms with van der Waals surface area (Å²) in [6.07, 6.45) is 1.17. The van der Waals surface area contributed by atoms with Crippen LogP contribution in [0.3, 0.4) is 0 Å². The highest BCUT2D eigenvalue weighted by molar-refractivity contribution is 4.80. The van der Waals surface area contributed by atoms with Crippen LogP contribution < -0.4 is 5.32 Å². The predicted octanol–water partition coefficient (Wildman–Crippen LogP) is -0.698. The van der Waals surface area contributed by atoms with Gasteiger partial charge < -0.3 is 15.2 Å². The van der Waals surface area contributed by atoms with Crippen LogP contribution in [0.5, 0.6) is 0 Å². The second kappa shape index (κ2) is 6.49. The molecule has 15 heavy (non-hydrogen) atoms. The molecule has 1 unspecified atom stereocenters. The van der Waals surface area contributed by atoms with Crippen molar-refractivity contribution in [1.29, 1.82) is 0 Å². The number of aliphatic hydroxyl groups is 1. The number of aromatic nitrogens is 3. The standard InChI is InChI=1S/C9H18N4O2/c1-3-15-6-8(14)4-10-5-9-11-7-13(2)12-9/h7-8,10,14H,3-6H2,1-2H3. The van der Waals surface area contributed by atoms with Gasteiger partial charge in [-0.2, -0.15) is 5.10 Å². The Labute approximate surface area is 89.3 Å². The molecule has 0 spiro atoms. The monoisotopic (exact) mass is 214 g/mol. The molecule has 1 rings (SSSR count). The van der Waals surface area contributed by atoms with Gasteiger partial charge in [0.25, 0.3) is 0 Å². The zero-order chi connectivity index (χ0) is 11.1. The van der Waals surface area contributed by atoms with Crippen LogP contribution in [0.4, 0.5) is 0 Å². The number of nitrogens with one attached hydrogen (secondary N) is 1. The summed E-state index contributed by atoms with van der Waals surface area (Å²) in [5.74, 6) is 0.723. The summed E-state index contributed by atoms with van der Waals surface area (Å²) in [6.45, 7) is 3.93. The lowest BCUT2D eigenvalue weighted by molar-refractivity contribution is 0.0426. The molecular formula is C9H18N4O2. The minimum Gasteiger partial charge on any atom is -0.389 e. The van der Waals surface area contributed by atoms with Gasteiger partial charge in [0.15, 0.2) is 5.82 Å². The van der Waals surface area contributed by atoms with E-state index in [0.29, 0.717) is 26.3 Å². The van der Waals surface area contributed by atoms with Crippen molar-refractivity contribution in [2.45, 2.75) is 19.6 Å². The summed E-state index contributed by atoms with van der Waals surface area (Å²) in [5, 5.41) is 16.6. The van der Waals surface area contributed by atoms with Crippen LogP contribution in [0, 0.1) is 0 Å². The third-order valence-electron chi connectivity index (χ3n) is 1.82. The first kappa shape index (κ1) is 12.1. The molecule has 1 atom stereocenters. The molecule has 0 amide bonds. The number of rotatable bonds is 7.